The lowest BCUT2D eigenvalue weighted by molar-refractivity contribution is 0.0114. The van der Waals surface area contributed by atoms with E-state index >= 15 is 0 Å². The van der Waals surface area contributed by atoms with E-state index in [0.717, 1.165) is 0 Å². The summed E-state index contributed by atoms with van der Waals surface area (Å²) in [7, 11) is 1.92. The van der Waals surface area contributed by atoms with Gasteiger partial charge in [-0.15, -0.1) is 0 Å². The minimum atomic E-state index is -2.90. The first-order chi connectivity index (χ1) is 11.6. The fourth-order valence-corrected chi connectivity index (χ4v) is 4.22. The molecule has 0 aliphatic rings. The number of hydrogen-bond donors (Lipinski definition) is 1. The van der Waals surface area contributed by atoms with Crippen molar-refractivity contribution >= 4 is 8.80 Å². The average Bonchev–Trinajstić information content (AvgIpc) is 2.55. The Hall–Kier alpha value is -0.103. The van der Waals surface area contributed by atoms with Gasteiger partial charge in [-0.2, -0.15) is 0 Å². The molecule has 24 heavy (non-hydrogen) atoms. The molecule has 0 heterocycles. The Morgan fingerprint density at radius 3 is 1.62 bits per heavy atom. The SMILES string of the molecule is [CH]C(O)COCCC[Si](OCCOC)(OCCOC)OCCOC. The largest absolute Gasteiger partial charge is 0.501 e. The van der Waals surface area contributed by atoms with Gasteiger partial charge >= 0.3 is 8.80 Å². The third-order valence-corrected chi connectivity index (χ3v) is 5.79. The summed E-state index contributed by atoms with van der Waals surface area (Å²) in [6, 6.07) is 0.574. The Morgan fingerprint density at radius 1 is 0.792 bits per heavy atom. The lowest BCUT2D eigenvalue weighted by atomic mass is 10.4. The standard InChI is InChI=1S/C15H32O8Si/c1-15(16)14-20-6-5-13-24(21-10-7-17-2,22-11-8-18-3)23-12-9-19-4/h1,15-16H,5-14H2,2-4H3. The molecule has 0 aromatic heterocycles. The Labute approximate surface area is 146 Å². The molecule has 0 aromatic carbocycles. The summed E-state index contributed by atoms with van der Waals surface area (Å²) in [5.41, 5.74) is 0. The number of aliphatic hydroxyl groups excluding tert-OH is 1. The molecule has 0 aromatic rings. The molecule has 0 rings (SSSR count). The molecule has 8 nitrogen and oxygen atoms in total. The van der Waals surface area contributed by atoms with Crippen LogP contribution in [0.1, 0.15) is 6.42 Å². The number of rotatable bonds is 18. The molecule has 0 saturated carbocycles. The molecule has 0 bridgehead atoms. The van der Waals surface area contributed by atoms with Crippen LogP contribution in [0.5, 0.6) is 0 Å². The summed E-state index contributed by atoms with van der Waals surface area (Å²) >= 11 is 0. The molecular formula is C15H32O8Si. The van der Waals surface area contributed by atoms with Crippen molar-refractivity contribution in [1.82, 2.24) is 0 Å². The van der Waals surface area contributed by atoms with Gasteiger partial charge in [-0.3, -0.25) is 0 Å². The maximum absolute atomic E-state index is 8.99. The number of aliphatic hydroxyl groups is 1. The van der Waals surface area contributed by atoms with Crippen molar-refractivity contribution in [2.75, 3.05) is 74.2 Å². The van der Waals surface area contributed by atoms with Gasteiger partial charge in [-0.05, 0) is 13.3 Å². The van der Waals surface area contributed by atoms with E-state index in [0.29, 0.717) is 58.7 Å². The first kappa shape index (κ1) is 23.9. The number of hydrogen-bond acceptors (Lipinski definition) is 8. The number of ether oxygens (including phenoxy) is 4. The van der Waals surface area contributed by atoms with Gasteiger partial charge in [-0.25, -0.2) is 0 Å². The summed E-state index contributed by atoms with van der Waals surface area (Å²) in [5.74, 6) is 0. The van der Waals surface area contributed by atoms with E-state index in [2.05, 4.69) is 0 Å². The quantitative estimate of drug-likeness (QED) is 0.275. The molecule has 0 aliphatic carbocycles. The van der Waals surface area contributed by atoms with Gasteiger partial charge in [0, 0.05) is 34.0 Å². The lowest BCUT2D eigenvalue weighted by Crippen LogP contribution is -2.48. The van der Waals surface area contributed by atoms with Crippen molar-refractivity contribution in [3.05, 3.63) is 6.92 Å². The zero-order chi connectivity index (χ0) is 18.1. The van der Waals surface area contributed by atoms with Gasteiger partial charge in [0.25, 0.3) is 0 Å². The second kappa shape index (κ2) is 16.4. The highest BCUT2D eigenvalue weighted by Crippen LogP contribution is 2.18. The van der Waals surface area contributed by atoms with Crippen molar-refractivity contribution in [2.45, 2.75) is 18.6 Å². The molecular weight excluding hydrogens is 336 g/mol. The third kappa shape index (κ3) is 13.2. The van der Waals surface area contributed by atoms with E-state index in [4.69, 9.17) is 44.3 Å². The predicted molar refractivity (Wildman–Crippen MR) is 89.8 cm³/mol. The van der Waals surface area contributed by atoms with Crippen LogP contribution in [0, 0.1) is 6.92 Å². The highest BCUT2D eigenvalue weighted by molar-refractivity contribution is 6.60. The zero-order valence-electron chi connectivity index (χ0n) is 15.0. The third-order valence-electron chi connectivity index (χ3n) is 2.89. The lowest BCUT2D eigenvalue weighted by Gasteiger charge is -2.29. The van der Waals surface area contributed by atoms with Crippen LogP contribution in [0.3, 0.4) is 0 Å². The van der Waals surface area contributed by atoms with Crippen LogP contribution < -0.4 is 0 Å². The maximum Gasteiger partial charge on any atom is 0.501 e. The van der Waals surface area contributed by atoms with Gasteiger partial charge in [0.2, 0.25) is 0 Å². The average molecular weight is 368 g/mol. The van der Waals surface area contributed by atoms with E-state index in [9.17, 15) is 0 Å². The molecule has 0 fully saturated rings. The normalized spacial score (nSPS) is 13.4. The maximum atomic E-state index is 8.99. The van der Waals surface area contributed by atoms with Crippen LogP contribution in [0.4, 0.5) is 0 Å². The van der Waals surface area contributed by atoms with Crippen LogP contribution in [0.2, 0.25) is 6.04 Å². The Balaban J connectivity index is 4.53. The van der Waals surface area contributed by atoms with Crippen molar-refractivity contribution < 1.29 is 37.3 Å². The highest BCUT2D eigenvalue weighted by atomic mass is 28.4. The molecule has 0 amide bonds. The van der Waals surface area contributed by atoms with E-state index in [1.807, 2.05) is 0 Å². The second-order valence-corrected chi connectivity index (χ2v) is 7.68. The van der Waals surface area contributed by atoms with E-state index in [1.165, 1.54) is 0 Å². The first-order valence-electron chi connectivity index (χ1n) is 8.00. The summed E-state index contributed by atoms with van der Waals surface area (Å²) in [4.78, 5) is 0. The van der Waals surface area contributed by atoms with Crippen LogP contribution in [0.25, 0.3) is 0 Å². The monoisotopic (exact) mass is 368 g/mol. The van der Waals surface area contributed by atoms with Crippen LogP contribution in [-0.2, 0) is 32.2 Å². The molecule has 1 atom stereocenters. The predicted octanol–water partition coefficient (Wildman–Crippen LogP) is 0.393. The van der Waals surface area contributed by atoms with E-state index < -0.39 is 14.9 Å². The summed E-state index contributed by atoms with van der Waals surface area (Å²) in [5, 5.41) is 8.99. The van der Waals surface area contributed by atoms with Crippen LogP contribution in [-0.4, -0.2) is 94.2 Å². The molecule has 9 heteroatoms. The molecule has 0 spiro atoms. The fourth-order valence-electron chi connectivity index (χ4n) is 1.78. The van der Waals surface area contributed by atoms with Crippen molar-refractivity contribution in [3.63, 3.8) is 0 Å². The summed E-state index contributed by atoms with van der Waals surface area (Å²) in [6.45, 7) is 8.24. The zero-order valence-corrected chi connectivity index (χ0v) is 16.0. The highest BCUT2D eigenvalue weighted by Gasteiger charge is 2.40. The first-order valence-corrected chi connectivity index (χ1v) is 9.93. The molecule has 0 aliphatic heterocycles. The smallest absolute Gasteiger partial charge is 0.390 e. The molecule has 1 N–H and O–H groups in total. The molecule has 1 unspecified atom stereocenters. The van der Waals surface area contributed by atoms with Gasteiger partial charge < -0.3 is 37.3 Å². The number of methoxy groups -OCH3 is 3. The van der Waals surface area contributed by atoms with Gasteiger partial charge in [0.05, 0.1) is 52.4 Å². The van der Waals surface area contributed by atoms with E-state index in [1.54, 1.807) is 21.3 Å². The summed E-state index contributed by atoms with van der Waals surface area (Å²) in [6.07, 6.45) is -0.313. The topological polar surface area (TPSA) is 84.8 Å². The molecule has 144 valence electrons. The van der Waals surface area contributed by atoms with Crippen LogP contribution >= 0.6 is 0 Å². The van der Waals surface area contributed by atoms with Gasteiger partial charge in [0.1, 0.15) is 0 Å². The van der Waals surface area contributed by atoms with Crippen molar-refractivity contribution in [3.8, 4) is 0 Å². The van der Waals surface area contributed by atoms with Gasteiger partial charge in [0.15, 0.2) is 0 Å². The fraction of sp³-hybridized carbons (Fsp3) is 0.933. The minimum Gasteiger partial charge on any atom is -0.390 e. The summed E-state index contributed by atoms with van der Waals surface area (Å²) < 4.78 is 38.1. The second-order valence-electron chi connectivity index (χ2n) is 4.95. The molecule has 2 radical (unpaired) electrons. The minimum absolute atomic E-state index is 0.0914. The van der Waals surface area contributed by atoms with Crippen LogP contribution in [0.15, 0.2) is 0 Å². The van der Waals surface area contributed by atoms with Gasteiger partial charge in [-0.1, -0.05) is 0 Å². The Kier molecular flexibility index (Phi) is 16.3. The Bertz CT molecular complexity index is 241. The van der Waals surface area contributed by atoms with Crippen molar-refractivity contribution in [2.24, 2.45) is 0 Å². The Morgan fingerprint density at radius 2 is 1.25 bits per heavy atom. The molecule has 0 saturated heterocycles. The van der Waals surface area contributed by atoms with Crippen molar-refractivity contribution in [1.29, 1.82) is 0 Å². The van der Waals surface area contributed by atoms with E-state index in [-0.39, 0.29) is 6.61 Å².